The van der Waals surface area contributed by atoms with Crippen molar-refractivity contribution in [2.75, 3.05) is 13.2 Å². The molecule has 0 amide bonds. The van der Waals surface area contributed by atoms with Gasteiger partial charge in [0.25, 0.3) is 0 Å². The highest BCUT2D eigenvalue weighted by Gasteiger charge is 1.93. The van der Waals surface area contributed by atoms with Crippen molar-refractivity contribution in [2.24, 2.45) is 0 Å². The molecule has 0 rings (SSSR count). The van der Waals surface area contributed by atoms with Gasteiger partial charge in [-0.25, -0.2) is 0 Å². The maximum absolute atomic E-state index is 10.2. The molecule has 0 aliphatic rings. The van der Waals surface area contributed by atoms with Gasteiger partial charge in [-0.05, 0) is 18.6 Å². The molecule has 3 nitrogen and oxygen atoms in total. The number of hydrogen-bond donors (Lipinski definition) is 1. The standard InChI is InChI=1S/C19H34O3/c1-2-3-4-5-6-7-8-9-10-11-14-17-22-18-15-12-13-16-19(20)21/h13,15H,2-11,14,16-18H2,1H3,(H,20,21). The van der Waals surface area contributed by atoms with Crippen LogP contribution >= 0.6 is 0 Å². The van der Waals surface area contributed by atoms with Gasteiger partial charge in [0.15, 0.2) is 0 Å². The average Bonchev–Trinajstić information content (AvgIpc) is 2.50. The van der Waals surface area contributed by atoms with E-state index in [0.29, 0.717) is 6.61 Å². The number of rotatable bonds is 16. The first kappa shape index (κ1) is 20.9. The smallest absolute Gasteiger partial charge is 0.307 e. The molecule has 3 heteroatoms. The van der Waals surface area contributed by atoms with E-state index in [1.807, 2.05) is 0 Å². The molecule has 1 N–H and O–H groups in total. The zero-order valence-electron chi connectivity index (χ0n) is 14.3. The molecule has 0 aromatic heterocycles. The van der Waals surface area contributed by atoms with Crippen molar-refractivity contribution in [1.29, 1.82) is 0 Å². The Balaban J connectivity index is 3.11. The Hall–Kier alpha value is -1.05. The Morgan fingerprint density at radius 2 is 1.45 bits per heavy atom. The Kier molecular flexibility index (Phi) is 17.1. The van der Waals surface area contributed by atoms with E-state index in [1.165, 1.54) is 70.3 Å². The lowest BCUT2D eigenvalue weighted by Crippen LogP contribution is -1.94. The van der Waals surface area contributed by atoms with Gasteiger partial charge in [0, 0.05) is 6.61 Å². The van der Waals surface area contributed by atoms with Gasteiger partial charge in [-0.15, -0.1) is 5.73 Å². The van der Waals surface area contributed by atoms with Gasteiger partial charge >= 0.3 is 5.97 Å². The summed E-state index contributed by atoms with van der Waals surface area (Å²) in [4.78, 5) is 10.2. The molecule has 0 atom stereocenters. The molecule has 0 saturated heterocycles. The molecule has 0 aliphatic heterocycles. The normalized spacial score (nSPS) is 10.2. The van der Waals surface area contributed by atoms with E-state index in [2.05, 4.69) is 12.7 Å². The second-order valence-electron chi connectivity index (χ2n) is 5.78. The highest BCUT2D eigenvalue weighted by Crippen LogP contribution is 2.11. The quantitative estimate of drug-likeness (QED) is 0.302. The van der Waals surface area contributed by atoms with Crippen LogP contribution in [0, 0.1) is 0 Å². The number of hydrogen-bond acceptors (Lipinski definition) is 2. The van der Waals surface area contributed by atoms with E-state index in [1.54, 1.807) is 6.08 Å². The van der Waals surface area contributed by atoms with Crippen LogP contribution in [0.5, 0.6) is 0 Å². The van der Waals surface area contributed by atoms with Crippen LogP contribution in [0.25, 0.3) is 0 Å². The fraction of sp³-hybridized carbons (Fsp3) is 0.789. The van der Waals surface area contributed by atoms with Gasteiger partial charge in [0.1, 0.15) is 0 Å². The third-order valence-corrected chi connectivity index (χ3v) is 3.61. The second kappa shape index (κ2) is 18.0. The average molecular weight is 310 g/mol. The highest BCUT2D eigenvalue weighted by atomic mass is 16.5. The lowest BCUT2D eigenvalue weighted by molar-refractivity contribution is -0.135. The molecule has 0 bridgehead atoms. The highest BCUT2D eigenvalue weighted by molar-refractivity contribution is 5.68. The van der Waals surface area contributed by atoms with Crippen LogP contribution in [0.4, 0.5) is 0 Å². The summed E-state index contributed by atoms with van der Waals surface area (Å²) in [6.45, 7) is 3.57. The third kappa shape index (κ3) is 18.9. The lowest BCUT2D eigenvalue weighted by Gasteiger charge is -2.03. The molecule has 0 fully saturated rings. The number of carbonyl (C=O) groups is 1. The predicted molar refractivity (Wildman–Crippen MR) is 92.2 cm³/mol. The fourth-order valence-corrected chi connectivity index (χ4v) is 2.29. The van der Waals surface area contributed by atoms with Crippen molar-refractivity contribution in [3.05, 3.63) is 17.9 Å². The molecule has 0 heterocycles. The second-order valence-corrected chi connectivity index (χ2v) is 5.78. The molecule has 0 aromatic rings. The van der Waals surface area contributed by atoms with E-state index in [-0.39, 0.29) is 6.42 Å². The topological polar surface area (TPSA) is 46.5 Å². The predicted octanol–water partition coefficient (Wildman–Crippen LogP) is 5.50. The van der Waals surface area contributed by atoms with Crippen LogP contribution in [0.2, 0.25) is 0 Å². The van der Waals surface area contributed by atoms with E-state index in [9.17, 15) is 4.79 Å². The summed E-state index contributed by atoms with van der Waals surface area (Å²) in [5, 5.41) is 8.42. The van der Waals surface area contributed by atoms with Crippen LogP contribution in [0.15, 0.2) is 17.9 Å². The van der Waals surface area contributed by atoms with Crippen molar-refractivity contribution in [1.82, 2.24) is 0 Å². The van der Waals surface area contributed by atoms with E-state index in [0.717, 1.165) is 13.0 Å². The first-order valence-electron chi connectivity index (χ1n) is 8.96. The van der Waals surface area contributed by atoms with E-state index < -0.39 is 5.97 Å². The first-order valence-corrected chi connectivity index (χ1v) is 8.96. The van der Waals surface area contributed by atoms with Crippen molar-refractivity contribution >= 4 is 5.97 Å². The van der Waals surface area contributed by atoms with Crippen LogP contribution in [-0.2, 0) is 9.53 Å². The maximum atomic E-state index is 10.2. The van der Waals surface area contributed by atoms with Crippen LogP contribution in [0.1, 0.15) is 84.0 Å². The van der Waals surface area contributed by atoms with Crippen LogP contribution < -0.4 is 0 Å². The minimum absolute atomic E-state index is 0.0229. The van der Waals surface area contributed by atoms with Gasteiger partial charge < -0.3 is 9.84 Å². The molecule has 0 spiro atoms. The first-order chi connectivity index (χ1) is 10.8. The molecular weight excluding hydrogens is 276 g/mol. The SMILES string of the molecule is CCCCCCCCCCCCCOCC=C=CCC(=O)O. The van der Waals surface area contributed by atoms with E-state index >= 15 is 0 Å². The summed E-state index contributed by atoms with van der Waals surface area (Å²) in [5.41, 5.74) is 2.80. The molecule has 0 radical (unpaired) electrons. The third-order valence-electron chi connectivity index (χ3n) is 3.61. The van der Waals surface area contributed by atoms with Gasteiger partial charge in [-0.1, -0.05) is 71.1 Å². The van der Waals surface area contributed by atoms with Gasteiger partial charge in [-0.2, -0.15) is 0 Å². The summed E-state index contributed by atoms with van der Waals surface area (Å²) >= 11 is 0. The van der Waals surface area contributed by atoms with Crippen LogP contribution in [-0.4, -0.2) is 24.3 Å². The van der Waals surface area contributed by atoms with Crippen LogP contribution in [0.3, 0.4) is 0 Å². The molecule has 0 unspecified atom stereocenters. The molecule has 0 aliphatic carbocycles. The summed E-state index contributed by atoms with van der Waals surface area (Å²) in [6, 6.07) is 0. The van der Waals surface area contributed by atoms with E-state index in [4.69, 9.17) is 9.84 Å². The van der Waals surface area contributed by atoms with Gasteiger partial charge in [0.2, 0.25) is 0 Å². The maximum Gasteiger partial charge on any atom is 0.307 e. The van der Waals surface area contributed by atoms with Crippen molar-refractivity contribution in [2.45, 2.75) is 84.0 Å². The zero-order valence-corrected chi connectivity index (χ0v) is 14.3. The summed E-state index contributed by atoms with van der Waals surface area (Å²) in [6.07, 6.45) is 18.0. The van der Waals surface area contributed by atoms with Gasteiger partial charge in [0.05, 0.1) is 13.0 Å². The Morgan fingerprint density at radius 1 is 0.909 bits per heavy atom. The molecular formula is C19H34O3. The van der Waals surface area contributed by atoms with Gasteiger partial charge in [-0.3, -0.25) is 4.79 Å². The monoisotopic (exact) mass is 310 g/mol. The minimum atomic E-state index is -0.831. The van der Waals surface area contributed by atoms with Crippen molar-refractivity contribution < 1.29 is 14.6 Å². The molecule has 0 aromatic carbocycles. The number of carboxylic acids is 1. The number of ether oxygens (including phenoxy) is 1. The summed E-state index contributed by atoms with van der Waals surface area (Å²) in [7, 11) is 0. The summed E-state index contributed by atoms with van der Waals surface area (Å²) in [5.74, 6) is -0.831. The lowest BCUT2D eigenvalue weighted by atomic mass is 10.1. The number of aliphatic carboxylic acids is 1. The fourth-order valence-electron chi connectivity index (χ4n) is 2.29. The largest absolute Gasteiger partial charge is 0.481 e. The number of carboxylic acid groups (broad SMARTS) is 1. The Bertz CT molecular complexity index is 304. The van der Waals surface area contributed by atoms with Crippen molar-refractivity contribution in [3.8, 4) is 0 Å². The molecule has 128 valence electrons. The molecule has 0 saturated carbocycles. The minimum Gasteiger partial charge on any atom is -0.481 e. The molecule has 22 heavy (non-hydrogen) atoms. The Labute approximate surface area is 136 Å². The number of unbranched alkanes of at least 4 members (excludes halogenated alkanes) is 10. The van der Waals surface area contributed by atoms with Crippen molar-refractivity contribution in [3.63, 3.8) is 0 Å². The summed E-state index contributed by atoms with van der Waals surface area (Å²) < 4.78 is 5.44. The Morgan fingerprint density at radius 3 is 2.00 bits per heavy atom. The zero-order chi connectivity index (χ0) is 16.3.